The second-order valence-corrected chi connectivity index (χ2v) is 8.23. The lowest BCUT2D eigenvalue weighted by Gasteiger charge is -2.35. The van der Waals surface area contributed by atoms with Crippen LogP contribution in [0, 0.1) is 11.8 Å². The van der Waals surface area contributed by atoms with E-state index in [9.17, 15) is 4.79 Å². The molecular weight excluding hydrogens is 354 g/mol. The van der Waals surface area contributed by atoms with Crippen LogP contribution < -0.4 is 20.1 Å². The fourth-order valence-corrected chi connectivity index (χ4v) is 4.08. The third kappa shape index (κ3) is 7.32. The highest BCUT2D eigenvalue weighted by atomic mass is 16.5. The number of likely N-dealkylation sites (tertiary alicyclic amines) is 1. The average Bonchev–Trinajstić information content (AvgIpc) is 2.64. The fraction of sp³-hybridized carbons (Fsp3) is 0.682. The summed E-state index contributed by atoms with van der Waals surface area (Å²) in [7, 11) is 3.19. The zero-order valence-electron chi connectivity index (χ0n) is 18.1. The maximum Gasteiger partial charge on any atom is 0.226 e. The van der Waals surface area contributed by atoms with Crippen molar-refractivity contribution in [2.75, 3.05) is 45.7 Å². The number of carbonyl (C=O) groups excluding carboxylic acids is 1. The van der Waals surface area contributed by atoms with E-state index in [4.69, 9.17) is 9.47 Å². The Morgan fingerprint density at radius 3 is 2.57 bits per heavy atom. The van der Waals surface area contributed by atoms with Gasteiger partial charge in [-0.05, 0) is 56.8 Å². The van der Waals surface area contributed by atoms with Crippen molar-refractivity contribution in [2.45, 2.75) is 46.1 Å². The van der Waals surface area contributed by atoms with Crippen LogP contribution in [-0.4, -0.2) is 57.2 Å². The molecule has 0 aromatic heterocycles. The number of nitrogens with zero attached hydrogens (tertiary/aromatic N) is 1. The molecule has 1 fully saturated rings. The van der Waals surface area contributed by atoms with Gasteiger partial charge in [-0.1, -0.05) is 13.8 Å². The Balaban J connectivity index is 1.68. The Morgan fingerprint density at radius 1 is 1.21 bits per heavy atom. The number of benzene rings is 1. The highest BCUT2D eigenvalue weighted by Gasteiger charge is 2.21. The van der Waals surface area contributed by atoms with E-state index in [1.807, 2.05) is 6.07 Å². The van der Waals surface area contributed by atoms with Crippen LogP contribution in [0.15, 0.2) is 18.2 Å². The molecule has 0 radical (unpaired) electrons. The smallest absolute Gasteiger partial charge is 0.226 e. The Kier molecular flexibility index (Phi) is 9.06. The number of amides is 1. The third-order valence-corrected chi connectivity index (χ3v) is 5.26. The number of methoxy groups -OCH3 is 2. The number of hydrogen-bond donors (Lipinski definition) is 2. The van der Waals surface area contributed by atoms with Crippen molar-refractivity contribution >= 4 is 11.6 Å². The van der Waals surface area contributed by atoms with Gasteiger partial charge in [0.1, 0.15) is 11.5 Å². The van der Waals surface area contributed by atoms with Crippen LogP contribution >= 0.6 is 0 Å². The second-order valence-electron chi connectivity index (χ2n) is 8.23. The molecule has 1 aliphatic heterocycles. The molecule has 0 spiro atoms. The van der Waals surface area contributed by atoms with Crippen molar-refractivity contribution in [3.8, 4) is 11.5 Å². The predicted molar refractivity (Wildman–Crippen MR) is 114 cm³/mol. The predicted octanol–water partition coefficient (Wildman–Crippen LogP) is 3.38. The van der Waals surface area contributed by atoms with E-state index < -0.39 is 0 Å². The van der Waals surface area contributed by atoms with E-state index in [1.165, 1.54) is 19.5 Å². The summed E-state index contributed by atoms with van der Waals surface area (Å²) in [4.78, 5) is 14.9. The van der Waals surface area contributed by atoms with Crippen molar-refractivity contribution in [2.24, 2.45) is 11.8 Å². The second kappa shape index (κ2) is 11.3. The number of nitrogens with one attached hydrogen (secondary N) is 2. The average molecular weight is 392 g/mol. The molecule has 1 aromatic carbocycles. The quantitative estimate of drug-likeness (QED) is 0.599. The van der Waals surface area contributed by atoms with Gasteiger partial charge >= 0.3 is 0 Å². The van der Waals surface area contributed by atoms with Crippen molar-refractivity contribution in [1.29, 1.82) is 0 Å². The minimum Gasteiger partial charge on any atom is -0.497 e. The number of piperidine rings is 1. The van der Waals surface area contributed by atoms with Crippen molar-refractivity contribution < 1.29 is 14.3 Å². The number of carbonyl (C=O) groups is 1. The highest BCUT2D eigenvalue weighted by Crippen LogP contribution is 2.29. The zero-order valence-corrected chi connectivity index (χ0v) is 18.1. The molecule has 0 saturated carbocycles. The molecule has 0 bridgehead atoms. The van der Waals surface area contributed by atoms with Crippen LogP contribution in [0.4, 0.5) is 5.69 Å². The monoisotopic (exact) mass is 391 g/mol. The van der Waals surface area contributed by atoms with Crippen LogP contribution in [0.5, 0.6) is 11.5 Å². The van der Waals surface area contributed by atoms with Gasteiger partial charge < -0.3 is 25.0 Å². The molecular formula is C22H37N3O3. The standard InChI is InChI=1S/C22H37N3O3/c1-16-11-17(2)15-25(14-16)10-6-9-23-18(3)12-22(26)24-20-8-7-19(27-4)13-21(20)28-5/h7-8,13,16-18,23H,6,9-12,14-15H2,1-5H3,(H,24,26). The van der Waals surface area contributed by atoms with Gasteiger partial charge in [-0.15, -0.1) is 0 Å². The van der Waals surface area contributed by atoms with E-state index in [0.717, 1.165) is 31.3 Å². The van der Waals surface area contributed by atoms with E-state index in [0.29, 0.717) is 23.6 Å². The lowest BCUT2D eigenvalue weighted by atomic mass is 9.92. The van der Waals surface area contributed by atoms with Crippen LogP contribution in [0.1, 0.15) is 40.0 Å². The summed E-state index contributed by atoms with van der Waals surface area (Å²) in [5.41, 5.74) is 0.661. The van der Waals surface area contributed by atoms with Gasteiger partial charge in [0.25, 0.3) is 0 Å². The molecule has 3 unspecified atom stereocenters. The minimum atomic E-state index is -0.0258. The molecule has 3 atom stereocenters. The lowest BCUT2D eigenvalue weighted by molar-refractivity contribution is -0.116. The molecule has 1 aromatic rings. The summed E-state index contributed by atoms with van der Waals surface area (Å²) in [6, 6.07) is 5.50. The lowest BCUT2D eigenvalue weighted by Crippen LogP contribution is -2.40. The first kappa shape index (κ1) is 22.5. The largest absolute Gasteiger partial charge is 0.497 e. The van der Waals surface area contributed by atoms with Gasteiger partial charge in [0.15, 0.2) is 0 Å². The van der Waals surface area contributed by atoms with E-state index in [2.05, 4.69) is 36.3 Å². The Bertz CT molecular complexity index is 613. The van der Waals surface area contributed by atoms with Crippen molar-refractivity contribution in [3.63, 3.8) is 0 Å². The Hall–Kier alpha value is -1.79. The molecule has 2 N–H and O–H groups in total. The highest BCUT2D eigenvalue weighted by molar-refractivity contribution is 5.92. The summed E-state index contributed by atoms with van der Waals surface area (Å²) in [5, 5.41) is 6.40. The van der Waals surface area contributed by atoms with Crippen molar-refractivity contribution in [3.05, 3.63) is 18.2 Å². The SMILES string of the molecule is COc1ccc(NC(=O)CC(C)NCCCN2CC(C)CC(C)C2)c(OC)c1. The fourth-order valence-electron chi connectivity index (χ4n) is 4.08. The summed E-state index contributed by atoms with van der Waals surface area (Å²) < 4.78 is 10.5. The maximum atomic E-state index is 12.4. The summed E-state index contributed by atoms with van der Waals surface area (Å²) >= 11 is 0. The minimum absolute atomic E-state index is 0.0258. The van der Waals surface area contributed by atoms with Gasteiger partial charge in [0.2, 0.25) is 5.91 Å². The zero-order chi connectivity index (χ0) is 20.5. The van der Waals surface area contributed by atoms with Crippen LogP contribution in [0.25, 0.3) is 0 Å². The molecule has 0 aliphatic carbocycles. The maximum absolute atomic E-state index is 12.4. The van der Waals surface area contributed by atoms with Gasteiger partial charge in [-0.25, -0.2) is 0 Å². The molecule has 28 heavy (non-hydrogen) atoms. The molecule has 158 valence electrons. The molecule has 6 nitrogen and oxygen atoms in total. The van der Waals surface area contributed by atoms with E-state index >= 15 is 0 Å². The summed E-state index contributed by atoms with van der Waals surface area (Å²) in [5.74, 6) is 2.87. The number of anilines is 1. The molecule has 1 amide bonds. The van der Waals surface area contributed by atoms with Crippen molar-refractivity contribution in [1.82, 2.24) is 10.2 Å². The first-order valence-corrected chi connectivity index (χ1v) is 10.4. The first-order chi connectivity index (χ1) is 13.4. The number of ether oxygens (including phenoxy) is 2. The third-order valence-electron chi connectivity index (χ3n) is 5.26. The number of hydrogen-bond acceptors (Lipinski definition) is 5. The topological polar surface area (TPSA) is 62.8 Å². The normalized spacial score (nSPS) is 21.2. The van der Waals surface area contributed by atoms with Crippen LogP contribution in [-0.2, 0) is 4.79 Å². The molecule has 1 saturated heterocycles. The van der Waals surface area contributed by atoms with Gasteiger partial charge in [-0.3, -0.25) is 4.79 Å². The van der Waals surface area contributed by atoms with E-state index in [1.54, 1.807) is 26.4 Å². The first-order valence-electron chi connectivity index (χ1n) is 10.4. The number of rotatable bonds is 10. The van der Waals surface area contributed by atoms with E-state index in [-0.39, 0.29) is 11.9 Å². The molecule has 6 heteroatoms. The van der Waals surface area contributed by atoms with Gasteiger partial charge in [-0.2, -0.15) is 0 Å². The molecule has 1 aliphatic rings. The van der Waals surface area contributed by atoms with Gasteiger partial charge in [0, 0.05) is 31.6 Å². The van der Waals surface area contributed by atoms with Gasteiger partial charge in [0.05, 0.1) is 19.9 Å². The van der Waals surface area contributed by atoms with Crippen LogP contribution in [0.3, 0.4) is 0 Å². The molecule has 2 rings (SSSR count). The Labute approximate surface area is 170 Å². The molecule has 1 heterocycles. The Morgan fingerprint density at radius 2 is 1.93 bits per heavy atom. The summed E-state index contributed by atoms with van der Waals surface area (Å²) in [6.07, 6.45) is 2.88. The van der Waals surface area contributed by atoms with Crippen LogP contribution in [0.2, 0.25) is 0 Å². The summed E-state index contributed by atoms with van der Waals surface area (Å²) in [6.45, 7) is 11.2.